The van der Waals surface area contributed by atoms with E-state index in [1.165, 1.54) is 25.3 Å². The predicted molar refractivity (Wildman–Crippen MR) is 65.8 cm³/mol. The molecule has 0 amide bonds. The van der Waals surface area contributed by atoms with Crippen molar-refractivity contribution in [3.63, 3.8) is 0 Å². The van der Waals surface area contributed by atoms with E-state index in [-0.39, 0.29) is 4.88 Å². The van der Waals surface area contributed by atoms with Crippen LogP contribution in [0.15, 0.2) is 18.2 Å². The van der Waals surface area contributed by atoms with Crippen LogP contribution in [-0.2, 0) is 0 Å². The standard InChI is InChI=1S/C12H10FNO3S/c1-6-10(12(15)16)18-11(14-6)8-5-7(13)3-4-9(8)17-2/h3-5H,1-2H3,(H,15,16). The topological polar surface area (TPSA) is 59.4 Å². The molecule has 0 aliphatic heterocycles. The van der Waals surface area contributed by atoms with Gasteiger partial charge in [-0.05, 0) is 25.1 Å². The number of carboxylic acids is 1. The molecule has 0 bridgehead atoms. The number of rotatable bonds is 3. The molecule has 2 aromatic rings. The molecule has 1 N–H and O–H groups in total. The highest BCUT2D eigenvalue weighted by Crippen LogP contribution is 2.34. The van der Waals surface area contributed by atoms with E-state index in [2.05, 4.69) is 4.98 Å². The summed E-state index contributed by atoms with van der Waals surface area (Å²) >= 11 is 1.00. The highest BCUT2D eigenvalue weighted by atomic mass is 32.1. The normalized spacial score (nSPS) is 10.4. The Balaban J connectivity index is 2.58. The summed E-state index contributed by atoms with van der Waals surface area (Å²) < 4.78 is 18.4. The van der Waals surface area contributed by atoms with Crippen LogP contribution in [0.1, 0.15) is 15.4 Å². The number of aryl methyl sites for hydroxylation is 1. The first-order valence-corrected chi connectivity index (χ1v) is 5.89. The number of halogens is 1. The fraction of sp³-hybridized carbons (Fsp3) is 0.167. The third-order valence-electron chi connectivity index (χ3n) is 2.38. The maximum atomic E-state index is 13.2. The zero-order valence-corrected chi connectivity index (χ0v) is 10.5. The maximum Gasteiger partial charge on any atom is 0.347 e. The van der Waals surface area contributed by atoms with Crippen LogP contribution in [0.2, 0.25) is 0 Å². The highest BCUT2D eigenvalue weighted by Gasteiger charge is 2.17. The number of ether oxygens (including phenoxy) is 1. The minimum absolute atomic E-state index is 0.149. The van der Waals surface area contributed by atoms with E-state index in [0.29, 0.717) is 22.0 Å². The summed E-state index contributed by atoms with van der Waals surface area (Å²) in [5.41, 5.74) is 0.868. The lowest BCUT2D eigenvalue weighted by atomic mass is 10.2. The molecule has 6 heteroatoms. The van der Waals surface area contributed by atoms with Crippen molar-refractivity contribution < 1.29 is 19.0 Å². The Morgan fingerprint density at radius 3 is 2.78 bits per heavy atom. The quantitative estimate of drug-likeness (QED) is 0.928. The Morgan fingerprint density at radius 1 is 1.50 bits per heavy atom. The second-order valence-electron chi connectivity index (χ2n) is 3.58. The fourth-order valence-electron chi connectivity index (χ4n) is 1.56. The molecule has 18 heavy (non-hydrogen) atoms. The summed E-state index contributed by atoms with van der Waals surface area (Å²) in [7, 11) is 1.47. The number of methoxy groups -OCH3 is 1. The number of carboxylic acid groups (broad SMARTS) is 1. The predicted octanol–water partition coefficient (Wildman–Crippen LogP) is 2.96. The number of aromatic carboxylic acids is 1. The molecule has 2 rings (SSSR count). The average molecular weight is 267 g/mol. The Labute approximate surface area is 107 Å². The highest BCUT2D eigenvalue weighted by molar-refractivity contribution is 7.17. The number of nitrogens with zero attached hydrogens (tertiary/aromatic N) is 1. The van der Waals surface area contributed by atoms with Crippen LogP contribution in [0.5, 0.6) is 5.75 Å². The molecule has 4 nitrogen and oxygen atoms in total. The van der Waals surface area contributed by atoms with Gasteiger partial charge in [0.2, 0.25) is 0 Å². The van der Waals surface area contributed by atoms with Crippen molar-refractivity contribution in [2.24, 2.45) is 0 Å². The van der Waals surface area contributed by atoms with Crippen LogP contribution in [-0.4, -0.2) is 23.2 Å². The van der Waals surface area contributed by atoms with Crippen LogP contribution in [0.25, 0.3) is 10.6 Å². The second-order valence-corrected chi connectivity index (χ2v) is 4.58. The van der Waals surface area contributed by atoms with Crippen LogP contribution in [0, 0.1) is 12.7 Å². The molecule has 0 atom stereocenters. The zero-order valence-electron chi connectivity index (χ0n) is 9.73. The summed E-state index contributed by atoms with van der Waals surface area (Å²) in [5.74, 6) is -0.996. The molecule has 0 aliphatic carbocycles. The molecule has 0 aliphatic rings. The van der Waals surface area contributed by atoms with E-state index < -0.39 is 11.8 Å². The molecule has 0 unspecified atom stereocenters. The smallest absolute Gasteiger partial charge is 0.347 e. The monoisotopic (exact) mass is 267 g/mol. The van der Waals surface area contributed by atoms with Gasteiger partial charge in [0.1, 0.15) is 21.5 Å². The van der Waals surface area contributed by atoms with Gasteiger partial charge in [0.25, 0.3) is 0 Å². The van der Waals surface area contributed by atoms with E-state index in [1.807, 2.05) is 0 Å². The molecular weight excluding hydrogens is 257 g/mol. The lowest BCUT2D eigenvalue weighted by Gasteiger charge is -2.05. The Morgan fingerprint density at radius 2 is 2.22 bits per heavy atom. The molecule has 94 valence electrons. The van der Waals surface area contributed by atoms with Gasteiger partial charge in [-0.3, -0.25) is 0 Å². The van der Waals surface area contributed by atoms with Gasteiger partial charge in [-0.25, -0.2) is 14.2 Å². The van der Waals surface area contributed by atoms with Gasteiger partial charge in [-0.15, -0.1) is 11.3 Å². The number of aromatic nitrogens is 1. The molecule has 0 saturated carbocycles. The minimum atomic E-state index is -1.04. The van der Waals surface area contributed by atoms with Gasteiger partial charge in [0, 0.05) is 0 Å². The Hall–Kier alpha value is -1.95. The molecule has 0 radical (unpaired) electrons. The van der Waals surface area contributed by atoms with E-state index in [4.69, 9.17) is 9.84 Å². The van der Waals surface area contributed by atoms with Gasteiger partial charge in [0.15, 0.2) is 0 Å². The van der Waals surface area contributed by atoms with Crippen molar-refractivity contribution in [2.45, 2.75) is 6.92 Å². The third-order valence-corrected chi connectivity index (χ3v) is 3.56. The van der Waals surface area contributed by atoms with Crippen LogP contribution in [0.4, 0.5) is 4.39 Å². The molecular formula is C12H10FNO3S. The summed E-state index contributed by atoms with van der Waals surface area (Å²) in [6.07, 6.45) is 0. The first-order valence-electron chi connectivity index (χ1n) is 5.07. The van der Waals surface area contributed by atoms with Crippen molar-refractivity contribution in [3.05, 3.63) is 34.6 Å². The summed E-state index contributed by atoms with van der Waals surface area (Å²) in [4.78, 5) is 15.2. The zero-order chi connectivity index (χ0) is 13.3. The molecule has 1 aromatic carbocycles. The Kier molecular flexibility index (Phi) is 3.29. The van der Waals surface area contributed by atoms with E-state index in [0.717, 1.165) is 11.3 Å². The van der Waals surface area contributed by atoms with Crippen molar-refractivity contribution >= 4 is 17.3 Å². The van der Waals surface area contributed by atoms with Crippen LogP contribution >= 0.6 is 11.3 Å². The van der Waals surface area contributed by atoms with Gasteiger partial charge in [-0.2, -0.15) is 0 Å². The second kappa shape index (κ2) is 4.73. The molecule has 0 fully saturated rings. The van der Waals surface area contributed by atoms with E-state index in [1.54, 1.807) is 6.92 Å². The van der Waals surface area contributed by atoms with Gasteiger partial charge >= 0.3 is 5.97 Å². The lowest BCUT2D eigenvalue weighted by molar-refractivity contribution is 0.0701. The van der Waals surface area contributed by atoms with Crippen molar-refractivity contribution in [1.29, 1.82) is 0 Å². The van der Waals surface area contributed by atoms with Crippen molar-refractivity contribution in [1.82, 2.24) is 4.98 Å². The van der Waals surface area contributed by atoms with Crippen LogP contribution in [0.3, 0.4) is 0 Å². The molecule has 0 saturated heterocycles. The van der Waals surface area contributed by atoms with Gasteiger partial charge in [0.05, 0.1) is 18.4 Å². The summed E-state index contributed by atoms with van der Waals surface area (Å²) in [6.45, 7) is 1.61. The maximum absolute atomic E-state index is 13.2. The molecule has 1 heterocycles. The minimum Gasteiger partial charge on any atom is -0.496 e. The van der Waals surface area contributed by atoms with Crippen molar-refractivity contribution in [3.8, 4) is 16.3 Å². The average Bonchev–Trinajstić information content (AvgIpc) is 2.71. The van der Waals surface area contributed by atoms with E-state index in [9.17, 15) is 9.18 Å². The first-order chi connectivity index (χ1) is 8.52. The lowest BCUT2D eigenvalue weighted by Crippen LogP contribution is -1.94. The van der Waals surface area contributed by atoms with E-state index >= 15 is 0 Å². The van der Waals surface area contributed by atoms with Gasteiger partial charge in [-0.1, -0.05) is 0 Å². The van der Waals surface area contributed by atoms with Gasteiger partial charge < -0.3 is 9.84 Å². The number of carbonyl (C=O) groups is 1. The summed E-state index contributed by atoms with van der Waals surface area (Å²) in [6, 6.07) is 4.05. The number of benzene rings is 1. The third kappa shape index (κ3) is 2.19. The molecule has 1 aromatic heterocycles. The van der Waals surface area contributed by atoms with Crippen LogP contribution < -0.4 is 4.74 Å². The SMILES string of the molecule is COc1ccc(F)cc1-c1nc(C)c(C(=O)O)s1. The number of thiazole rings is 1. The largest absolute Gasteiger partial charge is 0.496 e. The van der Waals surface area contributed by atoms with Crippen molar-refractivity contribution in [2.75, 3.05) is 7.11 Å². The summed E-state index contributed by atoms with van der Waals surface area (Å²) in [5, 5.41) is 9.40. The number of hydrogen-bond acceptors (Lipinski definition) is 4. The first kappa shape index (κ1) is 12.5. The Bertz CT molecular complexity index is 609. The number of hydrogen-bond donors (Lipinski definition) is 1. The fourth-order valence-corrected chi connectivity index (χ4v) is 2.48. The molecule has 0 spiro atoms.